The number of hydrogen-bond acceptors (Lipinski definition) is 3. The van der Waals surface area contributed by atoms with Crippen LogP contribution >= 0.6 is 12.2 Å². The van der Waals surface area contributed by atoms with Gasteiger partial charge in [-0.3, -0.25) is 0 Å². The Morgan fingerprint density at radius 1 is 1.24 bits per heavy atom. The Balaban J connectivity index is 1.75. The van der Waals surface area contributed by atoms with E-state index in [1.54, 1.807) is 7.11 Å². The van der Waals surface area contributed by atoms with Gasteiger partial charge in [0.25, 0.3) is 0 Å². The summed E-state index contributed by atoms with van der Waals surface area (Å²) in [7, 11) is 1.71. The molecule has 2 fully saturated rings. The number of ether oxygens (including phenoxy) is 1. The Morgan fingerprint density at radius 3 is 3.00 bits per heavy atom. The van der Waals surface area contributed by atoms with Gasteiger partial charge in [0.2, 0.25) is 0 Å². The summed E-state index contributed by atoms with van der Waals surface area (Å²) in [5.41, 5.74) is 2.28. The average Bonchev–Trinajstić information content (AvgIpc) is 3.08. The molecule has 5 heteroatoms. The minimum atomic E-state index is 0.512. The third-order valence-corrected chi connectivity index (χ3v) is 5.38. The van der Waals surface area contributed by atoms with Crippen LogP contribution in [0, 0.1) is 4.77 Å². The van der Waals surface area contributed by atoms with E-state index in [1.807, 2.05) is 6.07 Å². The number of H-pyrrole nitrogens is 1. The van der Waals surface area contributed by atoms with Crippen molar-refractivity contribution in [3.63, 3.8) is 0 Å². The number of benzene rings is 1. The first-order valence-electron chi connectivity index (χ1n) is 7.78. The number of piperidine rings is 1. The predicted molar refractivity (Wildman–Crippen MR) is 86.5 cm³/mol. The number of nitrogens with one attached hydrogen (secondary N) is 1. The van der Waals surface area contributed by atoms with Crippen LogP contribution in [0.15, 0.2) is 18.2 Å². The Labute approximate surface area is 129 Å². The molecule has 1 aromatic carbocycles. The molecular formula is C16H21N3OS. The second-order valence-corrected chi connectivity index (χ2v) is 6.58. The van der Waals surface area contributed by atoms with Crippen molar-refractivity contribution in [2.75, 3.05) is 20.2 Å². The maximum Gasteiger partial charge on any atom is 0.178 e. The lowest BCUT2D eigenvalue weighted by Gasteiger charge is -2.35. The maximum atomic E-state index is 5.59. The fraction of sp³-hybridized carbons (Fsp3) is 0.562. The Morgan fingerprint density at radius 2 is 2.14 bits per heavy atom. The van der Waals surface area contributed by atoms with E-state index in [0.29, 0.717) is 6.04 Å². The Hall–Kier alpha value is -1.33. The molecule has 1 aromatic heterocycles. The van der Waals surface area contributed by atoms with E-state index < -0.39 is 0 Å². The van der Waals surface area contributed by atoms with Crippen LogP contribution in [0.4, 0.5) is 0 Å². The first-order chi connectivity index (χ1) is 10.3. The summed E-state index contributed by atoms with van der Waals surface area (Å²) in [5.74, 6) is 0.892. The molecule has 21 heavy (non-hydrogen) atoms. The molecule has 0 bridgehead atoms. The molecule has 3 heterocycles. The van der Waals surface area contributed by atoms with Gasteiger partial charge in [0.05, 0.1) is 18.1 Å². The van der Waals surface area contributed by atoms with Gasteiger partial charge in [-0.25, -0.2) is 0 Å². The summed E-state index contributed by atoms with van der Waals surface area (Å²) in [6.45, 7) is 2.48. The molecule has 112 valence electrons. The Bertz CT molecular complexity index is 720. The van der Waals surface area contributed by atoms with Crippen molar-refractivity contribution in [3.8, 4) is 5.75 Å². The van der Waals surface area contributed by atoms with Crippen molar-refractivity contribution in [2.45, 2.75) is 37.8 Å². The van der Waals surface area contributed by atoms with Crippen molar-refractivity contribution in [1.29, 1.82) is 0 Å². The summed E-state index contributed by atoms with van der Waals surface area (Å²) in [5, 5.41) is 0. The van der Waals surface area contributed by atoms with Crippen molar-refractivity contribution in [2.24, 2.45) is 0 Å². The molecule has 0 spiro atoms. The second kappa shape index (κ2) is 5.14. The van der Waals surface area contributed by atoms with Crippen LogP contribution < -0.4 is 4.74 Å². The predicted octanol–water partition coefficient (Wildman–Crippen LogP) is 3.51. The summed E-state index contributed by atoms with van der Waals surface area (Å²) in [4.78, 5) is 5.99. The zero-order valence-electron chi connectivity index (χ0n) is 12.3. The van der Waals surface area contributed by atoms with Crippen LogP contribution in [0.1, 0.15) is 31.7 Å². The van der Waals surface area contributed by atoms with Crippen molar-refractivity contribution >= 4 is 23.3 Å². The van der Waals surface area contributed by atoms with E-state index in [0.717, 1.165) is 22.1 Å². The van der Waals surface area contributed by atoms with Gasteiger partial charge in [-0.1, -0.05) is 0 Å². The fourth-order valence-electron chi connectivity index (χ4n) is 4.03. The van der Waals surface area contributed by atoms with E-state index in [2.05, 4.69) is 26.6 Å². The molecule has 2 aliphatic rings. The highest BCUT2D eigenvalue weighted by molar-refractivity contribution is 7.71. The lowest BCUT2D eigenvalue weighted by molar-refractivity contribution is 0.156. The first kappa shape index (κ1) is 13.3. The van der Waals surface area contributed by atoms with Crippen LogP contribution in [-0.4, -0.2) is 40.7 Å². The topological polar surface area (TPSA) is 33.2 Å². The van der Waals surface area contributed by atoms with Gasteiger partial charge in [0.15, 0.2) is 4.77 Å². The van der Waals surface area contributed by atoms with Crippen LogP contribution in [0.3, 0.4) is 0 Å². The van der Waals surface area contributed by atoms with Crippen molar-refractivity contribution < 1.29 is 4.74 Å². The molecule has 0 saturated carbocycles. The SMILES string of the molecule is COc1ccc2[nH]c(=S)n(C3CCN4CCCC4C3)c2c1. The lowest BCUT2D eigenvalue weighted by atomic mass is 9.97. The molecule has 2 atom stereocenters. The van der Waals surface area contributed by atoms with E-state index >= 15 is 0 Å². The summed E-state index contributed by atoms with van der Waals surface area (Å²) >= 11 is 5.59. The van der Waals surface area contributed by atoms with Gasteiger partial charge in [-0.05, 0) is 56.6 Å². The molecule has 4 rings (SSSR count). The molecule has 2 saturated heterocycles. The molecule has 1 N–H and O–H groups in total. The molecule has 0 amide bonds. The van der Waals surface area contributed by atoms with Crippen molar-refractivity contribution in [3.05, 3.63) is 23.0 Å². The van der Waals surface area contributed by atoms with Gasteiger partial charge in [-0.15, -0.1) is 0 Å². The van der Waals surface area contributed by atoms with Crippen LogP contribution in [0.25, 0.3) is 11.0 Å². The lowest BCUT2D eigenvalue weighted by Crippen LogP contribution is -2.38. The van der Waals surface area contributed by atoms with E-state index in [9.17, 15) is 0 Å². The van der Waals surface area contributed by atoms with Crippen LogP contribution in [0.5, 0.6) is 5.75 Å². The maximum absolute atomic E-state index is 5.59. The number of imidazole rings is 1. The normalized spacial score (nSPS) is 26.1. The van der Waals surface area contributed by atoms with E-state index in [1.165, 1.54) is 44.3 Å². The van der Waals surface area contributed by atoms with Crippen molar-refractivity contribution in [1.82, 2.24) is 14.5 Å². The van der Waals surface area contributed by atoms with Gasteiger partial charge in [0.1, 0.15) is 5.75 Å². The van der Waals surface area contributed by atoms with Crippen LogP contribution in [0.2, 0.25) is 0 Å². The van der Waals surface area contributed by atoms with Gasteiger partial charge >= 0.3 is 0 Å². The number of rotatable bonds is 2. The highest BCUT2D eigenvalue weighted by Gasteiger charge is 2.33. The molecule has 2 aliphatic heterocycles. The zero-order chi connectivity index (χ0) is 14.4. The number of hydrogen-bond donors (Lipinski definition) is 1. The van der Waals surface area contributed by atoms with Crippen LogP contribution in [-0.2, 0) is 0 Å². The fourth-order valence-corrected chi connectivity index (χ4v) is 4.39. The number of aromatic amines is 1. The highest BCUT2D eigenvalue weighted by atomic mass is 32.1. The van der Waals surface area contributed by atoms with Gasteiger partial charge in [-0.2, -0.15) is 0 Å². The number of fused-ring (bicyclic) bond motifs is 2. The summed E-state index contributed by atoms with van der Waals surface area (Å²) in [6, 6.07) is 7.41. The molecule has 2 unspecified atom stereocenters. The second-order valence-electron chi connectivity index (χ2n) is 6.19. The number of nitrogens with zero attached hydrogens (tertiary/aromatic N) is 2. The van der Waals surface area contributed by atoms with E-state index in [-0.39, 0.29) is 0 Å². The Kier molecular flexibility index (Phi) is 3.27. The minimum absolute atomic E-state index is 0.512. The molecule has 4 nitrogen and oxygen atoms in total. The molecule has 2 aromatic rings. The minimum Gasteiger partial charge on any atom is -0.497 e. The average molecular weight is 303 g/mol. The third-order valence-electron chi connectivity index (χ3n) is 5.08. The number of aromatic nitrogens is 2. The smallest absolute Gasteiger partial charge is 0.178 e. The first-order valence-corrected chi connectivity index (χ1v) is 8.19. The monoisotopic (exact) mass is 303 g/mol. The summed E-state index contributed by atoms with van der Waals surface area (Å²) in [6.07, 6.45) is 5.10. The quantitative estimate of drug-likeness (QED) is 0.862. The standard InChI is InChI=1S/C16H21N3OS/c1-20-13-4-5-14-15(10-13)19(16(21)17-14)12-6-8-18-7-2-3-11(18)9-12/h4-5,10-12H,2-3,6-9H2,1H3,(H,17,21). The van der Waals surface area contributed by atoms with Gasteiger partial charge in [0, 0.05) is 24.7 Å². The largest absolute Gasteiger partial charge is 0.497 e. The third kappa shape index (κ3) is 2.19. The molecular weight excluding hydrogens is 282 g/mol. The van der Waals surface area contributed by atoms with Gasteiger partial charge < -0.3 is 19.2 Å². The van der Waals surface area contributed by atoms with E-state index in [4.69, 9.17) is 17.0 Å². The molecule has 0 aliphatic carbocycles. The zero-order valence-corrected chi connectivity index (χ0v) is 13.2. The summed E-state index contributed by atoms with van der Waals surface area (Å²) < 4.78 is 8.54. The molecule has 0 radical (unpaired) electrons. The highest BCUT2D eigenvalue weighted by Crippen LogP contribution is 2.35. The number of methoxy groups -OCH3 is 1.